The normalized spacial score (nSPS) is 14.8. The lowest BCUT2D eigenvalue weighted by molar-refractivity contribution is -0.0392. The highest BCUT2D eigenvalue weighted by atomic mass is 16.5. The van der Waals surface area contributed by atoms with E-state index in [1.165, 1.54) is 0 Å². The van der Waals surface area contributed by atoms with Gasteiger partial charge in [-0.1, -0.05) is 141 Å². The van der Waals surface area contributed by atoms with Crippen LogP contribution >= 0.6 is 0 Å². The smallest absolute Gasteiger partial charge is 0.162 e. The second-order valence-electron chi connectivity index (χ2n) is 13.2. The van der Waals surface area contributed by atoms with E-state index in [4.69, 9.17) is 28.4 Å². The molecule has 0 aliphatic carbocycles. The molecule has 6 heteroatoms. The van der Waals surface area contributed by atoms with Crippen LogP contribution < -0.4 is 23.7 Å². The molecular formula is C47H46O6. The Labute approximate surface area is 312 Å². The molecule has 0 radical (unpaired) electrons. The zero-order valence-electron chi connectivity index (χ0n) is 30.2. The fourth-order valence-electron chi connectivity index (χ4n) is 6.32. The monoisotopic (exact) mass is 706 g/mol. The molecule has 0 amide bonds. The van der Waals surface area contributed by atoms with Crippen LogP contribution in [-0.4, -0.2) is 12.7 Å². The van der Waals surface area contributed by atoms with E-state index in [-0.39, 0.29) is 6.10 Å². The number of rotatable bonds is 17. The highest BCUT2D eigenvalue weighted by Gasteiger charge is 2.35. The third kappa shape index (κ3) is 9.79. The Kier molecular flexibility index (Phi) is 12.2. The first-order valence-electron chi connectivity index (χ1n) is 18.5. The van der Waals surface area contributed by atoms with Crippen molar-refractivity contribution in [3.05, 3.63) is 185 Å². The topological polar surface area (TPSA) is 55.4 Å². The van der Waals surface area contributed by atoms with Gasteiger partial charge in [-0.2, -0.15) is 0 Å². The molecular weight excluding hydrogens is 661 g/mol. The number of fused-ring (bicyclic) bond motifs is 1. The highest BCUT2D eigenvalue weighted by Crippen LogP contribution is 2.45. The van der Waals surface area contributed by atoms with Gasteiger partial charge in [0.1, 0.15) is 49.8 Å². The molecule has 7 rings (SSSR count). The standard InChI is InChI=1S/C47H46O6/c1-2-3-26-48-46-30-41-43(51-33-37-20-12-6-13-21-37)28-40(49-31-35-16-8-4-9-17-35)29-44(41)53-47(46)39-24-25-42(50-32-36-18-10-5-11-19-36)45(27-39)52-34-38-22-14-7-15-23-38/h4-25,27-29,46-47H,2-3,26,30-34H2,1H3/t46-,47+/m0/s1. The predicted octanol–water partition coefficient (Wildman–Crippen LogP) is 10.9. The molecule has 2 atom stereocenters. The second-order valence-corrected chi connectivity index (χ2v) is 13.2. The maximum absolute atomic E-state index is 6.95. The Bertz CT molecular complexity index is 2000. The lowest BCUT2D eigenvalue weighted by Crippen LogP contribution is -2.33. The zero-order valence-corrected chi connectivity index (χ0v) is 30.2. The van der Waals surface area contributed by atoms with Crippen molar-refractivity contribution in [2.45, 2.75) is 64.8 Å². The van der Waals surface area contributed by atoms with Gasteiger partial charge in [-0.25, -0.2) is 0 Å². The summed E-state index contributed by atoms with van der Waals surface area (Å²) in [6, 6.07) is 50.7. The molecule has 1 aliphatic rings. The average molecular weight is 707 g/mol. The van der Waals surface area contributed by atoms with Crippen LogP contribution in [0.2, 0.25) is 0 Å². The number of benzene rings is 6. The lowest BCUT2D eigenvalue weighted by atomic mass is 9.93. The van der Waals surface area contributed by atoms with Crippen LogP contribution in [0.25, 0.3) is 0 Å². The third-order valence-electron chi connectivity index (χ3n) is 9.22. The van der Waals surface area contributed by atoms with Crippen molar-refractivity contribution in [3.63, 3.8) is 0 Å². The van der Waals surface area contributed by atoms with E-state index in [1.807, 2.05) is 97.1 Å². The van der Waals surface area contributed by atoms with Crippen molar-refractivity contribution in [2.24, 2.45) is 0 Å². The predicted molar refractivity (Wildman–Crippen MR) is 208 cm³/mol. The van der Waals surface area contributed by atoms with E-state index in [2.05, 4.69) is 61.5 Å². The first-order chi connectivity index (χ1) is 26.2. The molecule has 1 aliphatic heterocycles. The average Bonchev–Trinajstić information content (AvgIpc) is 3.22. The van der Waals surface area contributed by atoms with Crippen molar-refractivity contribution in [2.75, 3.05) is 6.61 Å². The van der Waals surface area contributed by atoms with Crippen LogP contribution in [0.15, 0.2) is 152 Å². The van der Waals surface area contributed by atoms with Crippen molar-refractivity contribution >= 4 is 0 Å². The summed E-state index contributed by atoms with van der Waals surface area (Å²) in [6.45, 7) is 4.48. The van der Waals surface area contributed by atoms with Crippen LogP contribution in [0.3, 0.4) is 0 Å². The van der Waals surface area contributed by atoms with Gasteiger partial charge in [0, 0.05) is 30.7 Å². The van der Waals surface area contributed by atoms with E-state index in [1.54, 1.807) is 0 Å². The van der Waals surface area contributed by atoms with Crippen molar-refractivity contribution < 1.29 is 28.4 Å². The molecule has 1 heterocycles. The minimum absolute atomic E-state index is 0.262. The fraction of sp³-hybridized carbons (Fsp3) is 0.234. The van der Waals surface area contributed by atoms with Crippen molar-refractivity contribution in [3.8, 4) is 28.7 Å². The Morgan fingerprint density at radius 2 is 1.04 bits per heavy atom. The van der Waals surface area contributed by atoms with Crippen LogP contribution in [0, 0.1) is 0 Å². The van der Waals surface area contributed by atoms with Gasteiger partial charge in [-0.15, -0.1) is 0 Å². The van der Waals surface area contributed by atoms with Gasteiger partial charge in [0.05, 0.1) is 0 Å². The molecule has 0 saturated heterocycles. The Morgan fingerprint density at radius 3 is 1.58 bits per heavy atom. The summed E-state index contributed by atoms with van der Waals surface area (Å²) in [5, 5.41) is 0. The van der Waals surface area contributed by atoms with Gasteiger partial charge < -0.3 is 28.4 Å². The summed E-state index contributed by atoms with van der Waals surface area (Å²) in [5.74, 6) is 3.44. The highest BCUT2D eigenvalue weighted by molar-refractivity contribution is 5.53. The number of unbranched alkanes of at least 4 members (excludes halogenated alkanes) is 1. The zero-order chi connectivity index (χ0) is 36.1. The molecule has 6 aromatic carbocycles. The quantitative estimate of drug-likeness (QED) is 0.0880. The minimum Gasteiger partial charge on any atom is -0.489 e. The summed E-state index contributed by atoms with van der Waals surface area (Å²) in [5.41, 5.74) is 6.22. The van der Waals surface area contributed by atoms with Gasteiger partial charge in [-0.3, -0.25) is 0 Å². The van der Waals surface area contributed by atoms with E-state index in [0.717, 1.165) is 57.7 Å². The summed E-state index contributed by atoms with van der Waals surface area (Å²) in [6.07, 6.45) is 1.93. The fourth-order valence-corrected chi connectivity index (χ4v) is 6.32. The summed E-state index contributed by atoms with van der Waals surface area (Å²) in [4.78, 5) is 0. The molecule has 6 aromatic rings. The van der Waals surface area contributed by atoms with Crippen LogP contribution in [0.1, 0.15) is 59.3 Å². The summed E-state index contributed by atoms with van der Waals surface area (Å²) in [7, 11) is 0. The van der Waals surface area contributed by atoms with Crippen LogP contribution in [0.4, 0.5) is 0 Å². The van der Waals surface area contributed by atoms with Gasteiger partial charge in [0.25, 0.3) is 0 Å². The Hall–Kier alpha value is -5.72. The van der Waals surface area contributed by atoms with Crippen LogP contribution in [-0.2, 0) is 37.6 Å². The number of ether oxygens (including phenoxy) is 6. The molecule has 0 N–H and O–H groups in total. The van der Waals surface area contributed by atoms with E-state index >= 15 is 0 Å². The summed E-state index contributed by atoms with van der Waals surface area (Å²) < 4.78 is 39.3. The van der Waals surface area contributed by atoms with Gasteiger partial charge in [-0.05, 0) is 46.4 Å². The molecule has 0 aromatic heterocycles. The third-order valence-corrected chi connectivity index (χ3v) is 9.22. The molecule has 0 saturated carbocycles. The van der Waals surface area contributed by atoms with Crippen molar-refractivity contribution in [1.29, 1.82) is 0 Å². The minimum atomic E-state index is -0.409. The molecule has 0 bridgehead atoms. The van der Waals surface area contributed by atoms with Gasteiger partial charge in [0.2, 0.25) is 0 Å². The van der Waals surface area contributed by atoms with E-state index in [9.17, 15) is 0 Å². The molecule has 0 fully saturated rings. The first-order valence-corrected chi connectivity index (χ1v) is 18.5. The second kappa shape index (κ2) is 18.2. The van der Waals surface area contributed by atoms with Crippen molar-refractivity contribution in [1.82, 2.24) is 0 Å². The molecule has 53 heavy (non-hydrogen) atoms. The van der Waals surface area contributed by atoms with Crippen LogP contribution in [0.5, 0.6) is 28.7 Å². The van der Waals surface area contributed by atoms with Gasteiger partial charge >= 0.3 is 0 Å². The Morgan fingerprint density at radius 1 is 0.528 bits per heavy atom. The molecule has 0 spiro atoms. The maximum Gasteiger partial charge on any atom is 0.162 e. The lowest BCUT2D eigenvalue weighted by Gasteiger charge is -2.35. The molecule has 0 unspecified atom stereocenters. The number of hydrogen-bond acceptors (Lipinski definition) is 6. The SMILES string of the molecule is CCCCO[C@H]1Cc2c(OCc3ccccc3)cc(OCc3ccccc3)cc2O[C@@H]1c1ccc(OCc2ccccc2)c(OCc2ccccc2)c1. The maximum atomic E-state index is 6.95. The van der Waals surface area contributed by atoms with E-state index in [0.29, 0.717) is 56.7 Å². The first kappa shape index (κ1) is 35.7. The largest absolute Gasteiger partial charge is 0.489 e. The summed E-state index contributed by atoms with van der Waals surface area (Å²) >= 11 is 0. The number of hydrogen-bond donors (Lipinski definition) is 0. The molecule has 6 nitrogen and oxygen atoms in total. The van der Waals surface area contributed by atoms with E-state index < -0.39 is 6.10 Å². The Balaban J connectivity index is 1.21. The molecule has 270 valence electrons. The van der Waals surface area contributed by atoms with Gasteiger partial charge in [0.15, 0.2) is 17.6 Å².